The Balaban J connectivity index is 1.11. The molecule has 8 nitrogen and oxygen atoms in total. The van der Waals surface area contributed by atoms with E-state index < -0.39 is 0 Å². The molecule has 6 rings (SSSR count). The van der Waals surface area contributed by atoms with Gasteiger partial charge in [0.05, 0.1) is 17.5 Å². The largest absolute Gasteiger partial charge is 0.322 e. The van der Waals surface area contributed by atoms with Crippen molar-refractivity contribution in [2.45, 2.75) is 6.42 Å². The van der Waals surface area contributed by atoms with Gasteiger partial charge in [-0.1, -0.05) is 12.2 Å². The van der Waals surface area contributed by atoms with Crippen LogP contribution >= 0.6 is 11.3 Å². The van der Waals surface area contributed by atoms with Crippen LogP contribution in [-0.2, 0) is 9.59 Å². The van der Waals surface area contributed by atoms with Gasteiger partial charge in [-0.2, -0.15) is 0 Å². The third kappa shape index (κ3) is 3.64. The topological polar surface area (TPSA) is 108 Å². The standard InChI is InChI=1S/C26H20N4O4S/c31-22(28-18-7-3-14(4-8-18)23(32)29-26-27-11-12-35-26)15-5-9-19(10-6-15)30-24(33)20-16-1-2-17(13-16)21(20)25(30)34/h1-12,16-17,20-21H,13H2,(H,28,31)(H,27,29,32). The molecular formula is C26H20N4O4S. The van der Waals surface area contributed by atoms with Crippen molar-refractivity contribution in [1.82, 2.24) is 4.98 Å². The molecule has 2 aliphatic carbocycles. The highest BCUT2D eigenvalue weighted by Crippen LogP contribution is 2.53. The molecule has 2 bridgehead atoms. The lowest BCUT2D eigenvalue weighted by Crippen LogP contribution is -2.32. The van der Waals surface area contributed by atoms with Crippen molar-refractivity contribution in [2.75, 3.05) is 15.5 Å². The molecule has 0 spiro atoms. The Kier molecular flexibility index (Phi) is 5.07. The lowest BCUT2D eigenvalue weighted by Gasteiger charge is -2.17. The Morgan fingerprint density at radius 1 is 0.829 bits per heavy atom. The number of thiazole rings is 1. The minimum absolute atomic E-state index is 0.145. The summed E-state index contributed by atoms with van der Waals surface area (Å²) in [7, 11) is 0. The van der Waals surface area contributed by atoms with Crippen molar-refractivity contribution in [3.63, 3.8) is 0 Å². The van der Waals surface area contributed by atoms with Gasteiger partial charge in [-0.3, -0.25) is 29.4 Å². The van der Waals surface area contributed by atoms with Gasteiger partial charge < -0.3 is 5.32 Å². The number of fused-ring (bicyclic) bond motifs is 5. The zero-order valence-electron chi connectivity index (χ0n) is 18.4. The summed E-state index contributed by atoms with van der Waals surface area (Å²) in [5, 5.41) is 7.78. The van der Waals surface area contributed by atoms with E-state index in [1.165, 1.54) is 16.2 Å². The van der Waals surface area contributed by atoms with E-state index in [4.69, 9.17) is 0 Å². The number of hydrogen-bond donors (Lipinski definition) is 2. The van der Waals surface area contributed by atoms with Gasteiger partial charge >= 0.3 is 0 Å². The maximum absolute atomic E-state index is 13.0. The Labute approximate surface area is 204 Å². The first-order valence-corrected chi connectivity index (χ1v) is 12.2. The molecule has 1 saturated heterocycles. The normalized spacial score (nSPS) is 24.1. The lowest BCUT2D eigenvalue weighted by atomic mass is 9.85. The van der Waals surface area contributed by atoms with Crippen LogP contribution in [0.2, 0.25) is 0 Å². The maximum Gasteiger partial charge on any atom is 0.257 e. The molecule has 3 aliphatic rings. The van der Waals surface area contributed by atoms with Crippen LogP contribution in [0.15, 0.2) is 72.3 Å². The number of anilines is 3. The molecule has 4 amide bonds. The fourth-order valence-corrected chi connectivity index (χ4v) is 5.81. The van der Waals surface area contributed by atoms with E-state index in [1.54, 1.807) is 60.1 Å². The molecule has 2 aromatic carbocycles. The van der Waals surface area contributed by atoms with Gasteiger partial charge in [-0.05, 0) is 66.8 Å². The zero-order chi connectivity index (χ0) is 24.1. The van der Waals surface area contributed by atoms with E-state index >= 15 is 0 Å². The molecule has 3 aromatic rings. The first-order valence-electron chi connectivity index (χ1n) is 11.3. The summed E-state index contributed by atoms with van der Waals surface area (Å²) < 4.78 is 0. The van der Waals surface area contributed by atoms with Crippen LogP contribution in [0.1, 0.15) is 27.1 Å². The first kappa shape index (κ1) is 21.4. The second-order valence-corrected chi connectivity index (χ2v) is 9.78. The zero-order valence-corrected chi connectivity index (χ0v) is 19.2. The van der Waals surface area contributed by atoms with E-state index in [9.17, 15) is 19.2 Å². The number of imide groups is 1. The molecule has 4 unspecified atom stereocenters. The third-order valence-corrected chi connectivity index (χ3v) is 7.60. The molecule has 1 saturated carbocycles. The summed E-state index contributed by atoms with van der Waals surface area (Å²) in [5.41, 5.74) is 1.85. The van der Waals surface area contributed by atoms with E-state index in [1.807, 2.05) is 0 Å². The summed E-state index contributed by atoms with van der Waals surface area (Å²) in [6, 6.07) is 13.0. The van der Waals surface area contributed by atoms with Crippen LogP contribution in [0.4, 0.5) is 16.5 Å². The molecule has 2 heterocycles. The number of carbonyl (C=O) groups is 4. The fourth-order valence-electron chi connectivity index (χ4n) is 5.28. The van der Waals surface area contributed by atoms with E-state index in [0.717, 1.165) is 6.42 Å². The van der Waals surface area contributed by atoms with Gasteiger partial charge in [-0.25, -0.2) is 4.98 Å². The van der Waals surface area contributed by atoms with Crippen LogP contribution < -0.4 is 15.5 Å². The van der Waals surface area contributed by atoms with Crippen LogP contribution in [-0.4, -0.2) is 28.6 Å². The molecule has 174 valence electrons. The van der Waals surface area contributed by atoms with E-state index in [-0.39, 0.29) is 47.3 Å². The van der Waals surface area contributed by atoms with Gasteiger partial charge in [0, 0.05) is 28.4 Å². The van der Waals surface area contributed by atoms with E-state index in [2.05, 4.69) is 27.8 Å². The average molecular weight is 485 g/mol. The Morgan fingerprint density at radius 3 is 1.97 bits per heavy atom. The summed E-state index contributed by atoms with van der Waals surface area (Å²) in [6.45, 7) is 0. The molecular weight excluding hydrogens is 464 g/mol. The number of amides is 4. The number of aromatic nitrogens is 1. The van der Waals surface area contributed by atoms with Gasteiger partial charge in [0.25, 0.3) is 11.8 Å². The van der Waals surface area contributed by atoms with Crippen molar-refractivity contribution >= 4 is 51.5 Å². The SMILES string of the molecule is O=C(Nc1ccc(C(=O)Nc2nccs2)cc1)c1ccc(N2C(=O)C3C4C=CC(C4)C3C2=O)cc1. The third-order valence-electron chi connectivity index (χ3n) is 6.92. The predicted octanol–water partition coefficient (Wildman–Crippen LogP) is 3.96. The van der Waals surface area contributed by atoms with Gasteiger partial charge in [0.2, 0.25) is 11.8 Å². The highest BCUT2D eigenvalue weighted by Gasteiger charge is 2.59. The molecule has 9 heteroatoms. The summed E-state index contributed by atoms with van der Waals surface area (Å²) in [5.74, 6) is -1.12. The molecule has 1 aromatic heterocycles. The molecule has 2 fully saturated rings. The van der Waals surface area contributed by atoms with Gasteiger partial charge in [0.1, 0.15) is 0 Å². The predicted molar refractivity (Wildman–Crippen MR) is 131 cm³/mol. The Bertz CT molecular complexity index is 1340. The Hall–Kier alpha value is -4.11. The second-order valence-electron chi connectivity index (χ2n) is 8.88. The van der Waals surface area contributed by atoms with Crippen molar-refractivity contribution in [3.05, 3.63) is 83.4 Å². The number of nitrogens with one attached hydrogen (secondary N) is 2. The first-order chi connectivity index (χ1) is 17.0. The molecule has 1 aliphatic heterocycles. The van der Waals surface area contributed by atoms with E-state index in [0.29, 0.717) is 27.6 Å². The van der Waals surface area contributed by atoms with Crippen LogP contribution in [0.5, 0.6) is 0 Å². The monoisotopic (exact) mass is 484 g/mol. The summed E-state index contributed by atoms with van der Waals surface area (Å²) in [4.78, 5) is 56.2. The highest BCUT2D eigenvalue weighted by atomic mass is 32.1. The second kappa shape index (κ2) is 8.28. The Morgan fingerprint density at radius 2 is 1.40 bits per heavy atom. The lowest BCUT2D eigenvalue weighted by molar-refractivity contribution is -0.123. The van der Waals surface area contributed by atoms with Crippen molar-refractivity contribution < 1.29 is 19.2 Å². The quantitative estimate of drug-likeness (QED) is 0.421. The molecule has 0 radical (unpaired) electrons. The maximum atomic E-state index is 13.0. The van der Waals surface area contributed by atoms with Crippen LogP contribution in [0, 0.1) is 23.7 Å². The minimum atomic E-state index is -0.338. The highest BCUT2D eigenvalue weighted by molar-refractivity contribution is 7.13. The number of benzene rings is 2. The van der Waals surface area contributed by atoms with Gasteiger partial charge in [-0.15, -0.1) is 11.3 Å². The fraction of sp³-hybridized carbons (Fsp3) is 0.192. The summed E-state index contributed by atoms with van der Waals surface area (Å²) in [6.07, 6.45) is 6.62. The minimum Gasteiger partial charge on any atom is -0.322 e. The summed E-state index contributed by atoms with van der Waals surface area (Å²) >= 11 is 1.33. The number of allylic oxidation sites excluding steroid dienone is 2. The average Bonchev–Trinajstić information content (AvgIpc) is 3.66. The molecule has 2 N–H and O–H groups in total. The number of nitrogens with zero attached hydrogens (tertiary/aromatic N) is 2. The van der Waals surface area contributed by atoms with Gasteiger partial charge in [0.15, 0.2) is 5.13 Å². The molecule has 35 heavy (non-hydrogen) atoms. The number of hydrogen-bond acceptors (Lipinski definition) is 6. The van der Waals surface area contributed by atoms with Crippen LogP contribution in [0.3, 0.4) is 0 Å². The number of carbonyl (C=O) groups excluding carboxylic acids is 4. The van der Waals surface area contributed by atoms with Crippen molar-refractivity contribution in [1.29, 1.82) is 0 Å². The van der Waals surface area contributed by atoms with Crippen molar-refractivity contribution in [3.8, 4) is 0 Å². The van der Waals surface area contributed by atoms with Crippen LogP contribution in [0.25, 0.3) is 0 Å². The molecule has 4 atom stereocenters. The number of rotatable bonds is 5. The van der Waals surface area contributed by atoms with Crippen molar-refractivity contribution in [2.24, 2.45) is 23.7 Å². The smallest absolute Gasteiger partial charge is 0.257 e.